The highest BCUT2D eigenvalue weighted by Crippen LogP contribution is 2.66. The molecule has 5 nitrogen and oxygen atoms in total. The highest BCUT2D eigenvalue weighted by molar-refractivity contribution is 9.09. The second kappa shape index (κ2) is 7.52. The number of nitrogens with zero attached hydrogens (tertiary/aromatic N) is 2. The number of imide groups is 1. The SMILES string of the molecule is CN(C(=O)CN1C(=O)[C@@H]2C3c4ccccc4C(Br)(c4ccccc43)[C@H]2C1=O)C1CCCCC1. The van der Waals surface area contributed by atoms with E-state index in [2.05, 4.69) is 40.2 Å². The number of carbonyl (C=O) groups is 3. The van der Waals surface area contributed by atoms with Crippen molar-refractivity contribution in [3.8, 4) is 0 Å². The molecule has 2 fully saturated rings. The van der Waals surface area contributed by atoms with Crippen molar-refractivity contribution in [2.75, 3.05) is 13.6 Å². The van der Waals surface area contributed by atoms with E-state index in [9.17, 15) is 14.4 Å². The minimum absolute atomic E-state index is 0.145. The monoisotopic (exact) mass is 506 g/mol. The maximum absolute atomic E-state index is 13.8. The van der Waals surface area contributed by atoms with Crippen LogP contribution in [-0.2, 0) is 18.7 Å². The van der Waals surface area contributed by atoms with E-state index in [0.29, 0.717) is 0 Å². The summed E-state index contributed by atoms with van der Waals surface area (Å²) < 4.78 is -0.764. The van der Waals surface area contributed by atoms with Crippen LogP contribution in [0.15, 0.2) is 48.5 Å². The zero-order valence-electron chi connectivity index (χ0n) is 18.7. The summed E-state index contributed by atoms with van der Waals surface area (Å²) in [5.74, 6) is -1.81. The van der Waals surface area contributed by atoms with Crippen LogP contribution in [0.4, 0.5) is 0 Å². The molecule has 0 radical (unpaired) electrons. The molecule has 4 aliphatic carbocycles. The second-order valence-electron chi connectivity index (χ2n) is 9.93. The number of likely N-dealkylation sites (N-methyl/N-ethyl adjacent to an activating group) is 1. The van der Waals surface area contributed by atoms with Gasteiger partial charge in [-0.05, 0) is 35.1 Å². The maximum atomic E-state index is 13.8. The van der Waals surface area contributed by atoms with Crippen LogP contribution in [0.2, 0.25) is 0 Å². The van der Waals surface area contributed by atoms with E-state index >= 15 is 0 Å². The molecule has 0 N–H and O–H groups in total. The summed E-state index contributed by atoms with van der Waals surface area (Å²) in [5, 5.41) is 0. The normalized spacial score (nSPS) is 30.1. The summed E-state index contributed by atoms with van der Waals surface area (Å²) in [6.45, 7) is -0.167. The van der Waals surface area contributed by atoms with Gasteiger partial charge >= 0.3 is 0 Å². The Kier molecular flexibility index (Phi) is 4.81. The number of carbonyl (C=O) groups excluding carboxylic acids is 3. The molecule has 1 saturated heterocycles. The van der Waals surface area contributed by atoms with E-state index in [1.54, 1.807) is 4.90 Å². The maximum Gasteiger partial charge on any atom is 0.242 e. The fourth-order valence-electron chi connectivity index (χ4n) is 6.81. The van der Waals surface area contributed by atoms with Crippen molar-refractivity contribution >= 4 is 33.7 Å². The quantitative estimate of drug-likeness (QED) is 0.463. The Morgan fingerprint density at radius 2 is 1.55 bits per heavy atom. The Labute approximate surface area is 202 Å². The van der Waals surface area contributed by atoms with Crippen molar-refractivity contribution in [3.05, 3.63) is 70.8 Å². The molecule has 6 heteroatoms. The highest BCUT2D eigenvalue weighted by atomic mass is 79.9. The van der Waals surface area contributed by atoms with Gasteiger partial charge in [-0.25, -0.2) is 0 Å². The van der Waals surface area contributed by atoms with Crippen LogP contribution in [0.3, 0.4) is 0 Å². The van der Waals surface area contributed by atoms with Gasteiger partial charge in [-0.3, -0.25) is 19.3 Å². The molecule has 2 bridgehead atoms. The molecule has 2 atom stereocenters. The number of amides is 3. The topological polar surface area (TPSA) is 57.7 Å². The number of hydrogen-bond acceptors (Lipinski definition) is 3. The smallest absolute Gasteiger partial charge is 0.242 e. The molecule has 3 amide bonds. The highest BCUT2D eigenvalue weighted by Gasteiger charge is 2.67. The van der Waals surface area contributed by atoms with E-state index in [4.69, 9.17) is 0 Å². The first-order valence-electron chi connectivity index (χ1n) is 11.9. The Morgan fingerprint density at radius 3 is 2.15 bits per heavy atom. The zero-order valence-corrected chi connectivity index (χ0v) is 20.3. The number of likely N-dealkylation sites (tertiary alicyclic amines) is 1. The van der Waals surface area contributed by atoms with Crippen molar-refractivity contribution < 1.29 is 14.4 Å². The van der Waals surface area contributed by atoms with E-state index in [0.717, 1.165) is 47.9 Å². The van der Waals surface area contributed by atoms with Crippen LogP contribution >= 0.6 is 15.9 Å². The molecule has 0 spiro atoms. The molecule has 0 unspecified atom stereocenters. The molecule has 170 valence electrons. The standard InChI is InChI=1S/C27H27BrN2O3/c1-29(16-9-3-2-4-10-16)21(31)15-30-25(32)23-22-17-11-5-7-13-19(17)27(28,24(23)26(30)33)20-14-8-6-12-18(20)22/h5-8,11-14,16,22-24H,2-4,9-10,15H2,1H3/t22?,23-,24-,27?/m1/s1. The average molecular weight is 507 g/mol. The molecule has 0 aromatic heterocycles. The Hall–Kier alpha value is -2.47. The van der Waals surface area contributed by atoms with Crippen LogP contribution in [0.1, 0.15) is 60.3 Å². The van der Waals surface area contributed by atoms with Crippen molar-refractivity contribution in [3.63, 3.8) is 0 Å². The van der Waals surface area contributed by atoms with Gasteiger partial charge in [0, 0.05) is 19.0 Å². The van der Waals surface area contributed by atoms with Gasteiger partial charge in [0.25, 0.3) is 0 Å². The summed E-state index contributed by atoms with van der Waals surface area (Å²) >= 11 is 4.00. The largest absolute Gasteiger partial charge is 0.341 e. The molecule has 33 heavy (non-hydrogen) atoms. The summed E-state index contributed by atoms with van der Waals surface area (Å²) in [6, 6.07) is 16.4. The first kappa shape index (κ1) is 21.1. The minimum atomic E-state index is -0.764. The van der Waals surface area contributed by atoms with Gasteiger partial charge < -0.3 is 4.90 Å². The summed E-state index contributed by atoms with van der Waals surface area (Å²) in [5.41, 5.74) is 4.32. The summed E-state index contributed by atoms with van der Waals surface area (Å²) in [4.78, 5) is 43.7. The van der Waals surface area contributed by atoms with Gasteiger partial charge in [0.1, 0.15) is 6.54 Å². The zero-order chi connectivity index (χ0) is 22.9. The third-order valence-electron chi connectivity index (χ3n) is 8.41. The van der Waals surface area contributed by atoms with Gasteiger partial charge in [-0.1, -0.05) is 83.7 Å². The van der Waals surface area contributed by atoms with Crippen LogP contribution in [-0.4, -0.2) is 47.2 Å². The Balaban J connectivity index is 1.38. The number of halogens is 1. The second-order valence-corrected chi connectivity index (χ2v) is 11.2. The van der Waals surface area contributed by atoms with Gasteiger partial charge in [0.05, 0.1) is 16.2 Å². The van der Waals surface area contributed by atoms with Gasteiger partial charge in [-0.15, -0.1) is 0 Å². The average Bonchev–Trinajstić information content (AvgIpc) is 3.10. The molecule has 1 saturated carbocycles. The Morgan fingerprint density at radius 1 is 0.970 bits per heavy atom. The van der Waals surface area contributed by atoms with Crippen LogP contribution in [0.5, 0.6) is 0 Å². The van der Waals surface area contributed by atoms with E-state index in [1.165, 1.54) is 11.3 Å². The van der Waals surface area contributed by atoms with E-state index in [-0.39, 0.29) is 36.2 Å². The number of benzene rings is 2. The first-order chi connectivity index (χ1) is 15.9. The van der Waals surface area contributed by atoms with Crippen molar-refractivity contribution in [2.45, 2.75) is 48.4 Å². The predicted octanol–water partition coefficient (Wildman–Crippen LogP) is 4.18. The predicted molar refractivity (Wildman–Crippen MR) is 128 cm³/mol. The van der Waals surface area contributed by atoms with Gasteiger partial charge in [-0.2, -0.15) is 0 Å². The molecule has 2 aromatic rings. The third-order valence-corrected chi connectivity index (χ3v) is 9.76. The molecule has 1 aliphatic heterocycles. The fourth-order valence-corrected chi connectivity index (χ4v) is 8.02. The lowest BCUT2D eigenvalue weighted by Gasteiger charge is -2.51. The Bertz CT molecular complexity index is 1120. The van der Waals surface area contributed by atoms with Crippen molar-refractivity contribution in [1.29, 1.82) is 0 Å². The van der Waals surface area contributed by atoms with Crippen molar-refractivity contribution in [1.82, 2.24) is 9.80 Å². The van der Waals surface area contributed by atoms with Gasteiger partial charge in [0.15, 0.2) is 0 Å². The van der Waals surface area contributed by atoms with Crippen LogP contribution < -0.4 is 0 Å². The number of rotatable bonds is 3. The minimum Gasteiger partial charge on any atom is -0.341 e. The lowest BCUT2D eigenvalue weighted by atomic mass is 9.55. The molecule has 2 aromatic carbocycles. The third kappa shape index (κ3) is 2.79. The van der Waals surface area contributed by atoms with Crippen LogP contribution in [0, 0.1) is 11.8 Å². The van der Waals surface area contributed by atoms with Gasteiger partial charge in [0.2, 0.25) is 17.7 Å². The summed E-state index contributed by atoms with van der Waals surface area (Å²) in [6.07, 6.45) is 5.44. The fraction of sp³-hybridized carbons (Fsp3) is 0.444. The molecule has 1 heterocycles. The molecular weight excluding hydrogens is 480 g/mol. The molecule has 7 rings (SSSR count). The number of hydrogen-bond donors (Lipinski definition) is 0. The summed E-state index contributed by atoms with van der Waals surface area (Å²) in [7, 11) is 1.82. The first-order valence-corrected chi connectivity index (χ1v) is 12.7. The lowest BCUT2D eigenvalue weighted by molar-refractivity contribution is -0.147. The lowest BCUT2D eigenvalue weighted by Crippen LogP contribution is -2.50. The van der Waals surface area contributed by atoms with Crippen molar-refractivity contribution in [2.24, 2.45) is 11.8 Å². The molecule has 5 aliphatic rings. The van der Waals surface area contributed by atoms with E-state index < -0.39 is 16.2 Å². The van der Waals surface area contributed by atoms with E-state index in [1.807, 2.05) is 31.3 Å². The number of alkyl halides is 1. The van der Waals surface area contributed by atoms with Crippen LogP contribution in [0.25, 0.3) is 0 Å². The molecular formula is C27H27BrN2O3.